The average Bonchev–Trinajstić information content (AvgIpc) is 3.00. The minimum Gasteiger partial charge on any atom is -0.396 e. The third-order valence-corrected chi connectivity index (χ3v) is 5.29. The highest BCUT2D eigenvalue weighted by molar-refractivity contribution is 5.87. The zero-order chi connectivity index (χ0) is 16.0. The lowest BCUT2D eigenvalue weighted by Crippen LogP contribution is -2.24. The standard InChI is InChI=1S/C19H28N2O/c1-12(2)21-9-15-7-18-17(6-13(3)11-22)14(4)20(5)19(18)8-16(15)10-21/h7-8,12-13,22H,6,9-11H2,1-5H3. The zero-order valence-corrected chi connectivity index (χ0v) is 14.5. The predicted octanol–water partition coefficient (Wildman–Crippen LogP) is 3.38. The van der Waals surface area contributed by atoms with Crippen LogP contribution in [0.2, 0.25) is 0 Å². The minimum atomic E-state index is 0.252. The van der Waals surface area contributed by atoms with Gasteiger partial charge in [-0.3, -0.25) is 4.90 Å². The van der Waals surface area contributed by atoms with Gasteiger partial charge in [-0.05, 0) is 61.9 Å². The first kappa shape index (κ1) is 15.6. The number of aliphatic hydroxyl groups is 1. The van der Waals surface area contributed by atoms with E-state index in [1.807, 2.05) is 0 Å². The van der Waals surface area contributed by atoms with E-state index in [1.54, 1.807) is 0 Å². The van der Waals surface area contributed by atoms with Crippen molar-refractivity contribution in [3.63, 3.8) is 0 Å². The number of nitrogens with zero attached hydrogens (tertiary/aromatic N) is 2. The molecule has 1 aliphatic rings. The van der Waals surface area contributed by atoms with E-state index < -0.39 is 0 Å². The maximum atomic E-state index is 9.40. The largest absolute Gasteiger partial charge is 0.396 e. The lowest BCUT2D eigenvalue weighted by molar-refractivity contribution is 0.227. The number of aryl methyl sites for hydroxylation is 1. The number of hydrogen-bond donors (Lipinski definition) is 1. The Morgan fingerprint density at radius 2 is 1.77 bits per heavy atom. The molecule has 0 radical (unpaired) electrons. The molecule has 3 heteroatoms. The Hall–Kier alpha value is -1.32. The fraction of sp³-hybridized carbons (Fsp3) is 0.579. The summed E-state index contributed by atoms with van der Waals surface area (Å²) in [7, 11) is 2.16. The SMILES string of the molecule is Cc1c(CC(C)CO)c2cc3c(cc2n1C)CN(C(C)C)C3. The van der Waals surface area contributed by atoms with Crippen LogP contribution < -0.4 is 0 Å². The fourth-order valence-corrected chi connectivity index (χ4v) is 3.60. The molecule has 0 bridgehead atoms. The first-order valence-electron chi connectivity index (χ1n) is 8.37. The van der Waals surface area contributed by atoms with E-state index in [4.69, 9.17) is 0 Å². The molecule has 3 rings (SSSR count). The molecule has 1 aromatic carbocycles. The van der Waals surface area contributed by atoms with E-state index in [1.165, 1.54) is 33.3 Å². The smallest absolute Gasteiger partial charge is 0.0486 e. The van der Waals surface area contributed by atoms with Crippen LogP contribution in [0.25, 0.3) is 10.9 Å². The van der Waals surface area contributed by atoms with Crippen molar-refractivity contribution in [2.75, 3.05) is 6.61 Å². The predicted molar refractivity (Wildman–Crippen MR) is 92.0 cm³/mol. The first-order chi connectivity index (χ1) is 10.4. The molecule has 0 saturated carbocycles. The van der Waals surface area contributed by atoms with Gasteiger partial charge in [0.2, 0.25) is 0 Å². The summed E-state index contributed by atoms with van der Waals surface area (Å²) < 4.78 is 2.31. The Morgan fingerprint density at radius 1 is 1.14 bits per heavy atom. The van der Waals surface area contributed by atoms with Crippen LogP contribution in [0.15, 0.2) is 12.1 Å². The Kier molecular flexibility index (Phi) is 4.04. The molecular weight excluding hydrogens is 272 g/mol. The summed E-state index contributed by atoms with van der Waals surface area (Å²) in [5.41, 5.74) is 7.03. The van der Waals surface area contributed by atoms with Gasteiger partial charge in [0.05, 0.1) is 0 Å². The number of fused-ring (bicyclic) bond motifs is 2. The quantitative estimate of drug-likeness (QED) is 0.937. The summed E-state index contributed by atoms with van der Waals surface area (Å²) >= 11 is 0. The van der Waals surface area contributed by atoms with Crippen molar-refractivity contribution < 1.29 is 5.11 Å². The summed E-state index contributed by atoms with van der Waals surface area (Å²) in [5.74, 6) is 0.310. The van der Waals surface area contributed by atoms with Crippen molar-refractivity contribution in [3.05, 3.63) is 34.5 Å². The Bertz CT molecular complexity index is 699. The molecule has 22 heavy (non-hydrogen) atoms. The molecule has 1 atom stereocenters. The molecule has 3 nitrogen and oxygen atoms in total. The Labute approximate surface area is 133 Å². The molecule has 120 valence electrons. The van der Waals surface area contributed by atoms with E-state index in [-0.39, 0.29) is 6.61 Å². The molecule has 0 amide bonds. The maximum absolute atomic E-state index is 9.40. The van der Waals surface area contributed by atoms with Gasteiger partial charge in [-0.1, -0.05) is 6.92 Å². The van der Waals surface area contributed by atoms with E-state index >= 15 is 0 Å². The monoisotopic (exact) mass is 300 g/mol. The van der Waals surface area contributed by atoms with Crippen molar-refractivity contribution in [3.8, 4) is 0 Å². The average molecular weight is 300 g/mol. The lowest BCUT2D eigenvalue weighted by atomic mass is 9.97. The van der Waals surface area contributed by atoms with Gasteiger partial charge >= 0.3 is 0 Å². The summed E-state index contributed by atoms with van der Waals surface area (Å²) in [5, 5.41) is 10.8. The third kappa shape index (κ3) is 2.46. The highest BCUT2D eigenvalue weighted by atomic mass is 16.3. The second kappa shape index (κ2) is 5.71. The lowest BCUT2D eigenvalue weighted by Gasteiger charge is -2.18. The van der Waals surface area contributed by atoms with Crippen LogP contribution in [0.1, 0.15) is 43.2 Å². The van der Waals surface area contributed by atoms with Crippen LogP contribution in [0, 0.1) is 12.8 Å². The van der Waals surface area contributed by atoms with Crippen molar-refractivity contribution in [2.24, 2.45) is 13.0 Å². The highest BCUT2D eigenvalue weighted by Crippen LogP contribution is 2.33. The van der Waals surface area contributed by atoms with Gasteiger partial charge in [0.25, 0.3) is 0 Å². The number of aliphatic hydroxyl groups excluding tert-OH is 1. The van der Waals surface area contributed by atoms with Gasteiger partial charge in [0.1, 0.15) is 0 Å². The van der Waals surface area contributed by atoms with Gasteiger partial charge in [-0.2, -0.15) is 0 Å². The number of rotatable bonds is 4. The number of hydrogen-bond acceptors (Lipinski definition) is 2. The summed E-state index contributed by atoms with van der Waals surface area (Å²) in [4.78, 5) is 2.52. The first-order valence-corrected chi connectivity index (χ1v) is 8.37. The van der Waals surface area contributed by atoms with Gasteiger partial charge in [-0.25, -0.2) is 0 Å². The van der Waals surface area contributed by atoms with E-state index in [2.05, 4.69) is 56.3 Å². The zero-order valence-electron chi connectivity index (χ0n) is 14.5. The van der Waals surface area contributed by atoms with Crippen LogP contribution >= 0.6 is 0 Å². The normalized spacial score (nSPS) is 16.7. The number of benzene rings is 1. The molecule has 0 fully saturated rings. The Morgan fingerprint density at radius 3 is 2.36 bits per heavy atom. The van der Waals surface area contributed by atoms with Crippen molar-refractivity contribution in [1.82, 2.24) is 9.47 Å². The molecular formula is C19H28N2O. The van der Waals surface area contributed by atoms with Crippen molar-refractivity contribution in [2.45, 2.75) is 53.2 Å². The molecule has 1 N–H and O–H groups in total. The van der Waals surface area contributed by atoms with E-state index in [0.29, 0.717) is 12.0 Å². The maximum Gasteiger partial charge on any atom is 0.0486 e. The molecule has 1 aliphatic heterocycles. The fourth-order valence-electron chi connectivity index (χ4n) is 3.60. The van der Waals surface area contributed by atoms with Crippen LogP contribution in [0.4, 0.5) is 0 Å². The molecule has 2 heterocycles. The van der Waals surface area contributed by atoms with Gasteiger partial charge in [-0.15, -0.1) is 0 Å². The molecule has 0 saturated heterocycles. The third-order valence-electron chi connectivity index (χ3n) is 5.29. The van der Waals surface area contributed by atoms with Crippen LogP contribution in [-0.4, -0.2) is 27.2 Å². The van der Waals surface area contributed by atoms with Crippen molar-refractivity contribution in [1.29, 1.82) is 0 Å². The van der Waals surface area contributed by atoms with Crippen LogP contribution in [0.5, 0.6) is 0 Å². The van der Waals surface area contributed by atoms with Gasteiger partial charge in [0.15, 0.2) is 0 Å². The summed E-state index contributed by atoms with van der Waals surface area (Å²) in [6.07, 6.45) is 0.951. The minimum absolute atomic E-state index is 0.252. The van der Waals surface area contributed by atoms with E-state index in [9.17, 15) is 5.11 Å². The van der Waals surface area contributed by atoms with Gasteiger partial charge < -0.3 is 9.67 Å². The topological polar surface area (TPSA) is 28.4 Å². The molecule has 1 aromatic heterocycles. The van der Waals surface area contributed by atoms with E-state index in [0.717, 1.165) is 19.5 Å². The second-order valence-corrected chi connectivity index (χ2v) is 7.25. The number of aromatic nitrogens is 1. The summed E-state index contributed by atoms with van der Waals surface area (Å²) in [6, 6.07) is 5.37. The molecule has 2 aromatic rings. The van der Waals surface area contributed by atoms with Crippen LogP contribution in [-0.2, 0) is 26.6 Å². The highest BCUT2D eigenvalue weighted by Gasteiger charge is 2.24. The molecule has 0 aliphatic carbocycles. The summed E-state index contributed by atoms with van der Waals surface area (Å²) in [6.45, 7) is 11.2. The Balaban J connectivity index is 2.08. The van der Waals surface area contributed by atoms with Crippen LogP contribution in [0.3, 0.4) is 0 Å². The van der Waals surface area contributed by atoms with Gasteiger partial charge in [0, 0.05) is 49.4 Å². The molecule has 0 spiro atoms. The van der Waals surface area contributed by atoms with Crippen molar-refractivity contribution >= 4 is 10.9 Å². The second-order valence-electron chi connectivity index (χ2n) is 7.25. The molecule has 1 unspecified atom stereocenters.